The number of carbonyl (C=O) groups is 1. The van der Waals surface area contributed by atoms with Gasteiger partial charge in [0.15, 0.2) is 0 Å². The van der Waals surface area contributed by atoms with Crippen LogP contribution in [-0.4, -0.2) is 11.7 Å². The zero-order chi connectivity index (χ0) is 12.3. The Bertz CT molecular complexity index is 379. The fourth-order valence-electron chi connectivity index (χ4n) is 1.08. The van der Waals surface area contributed by atoms with Crippen LogP contribution in [0.4, 0.5) is 16.2 Å². The second kappa shape index (κ2) is 4.74. The molecule has 0 atom stereocenters. The molecule has 0 fully saturated rings. The van der Waals surface area contributed by atoms with Crippen LogP contribution in [0.5, 0.6) is 0 Å². The molecule has 0 aliphatic heterocycles. The smallest absolute Gasteiger partial charge is 0.412 e. The average Bonchev–Trinajstić information content (AvgIpc) is 2.08. The fourth-order valence-corrected chi connectivity index (χ4v) is 1.56. The van der Waals surface area contributed by atoms with E-state index in [0.29, 0.717) is 11.4 Å². The van der Waals surface area contributed by atoms with Crippen LogP contribution in [0.25, 0.3) is 0 Å². The molecule has 1 amide bonds. The Morgan fingerprint density at radius 2 is 2.06 bits per heavy atom. The second-order valence-electron chi connectivity index (χ2n) is 4.33. The van der Waals surface area contributed by atoms with Crippen LogP contribution in [0, 0.1) is 0 Å². The number of ether oxygens (including phenoxy) is 1. The summed E-state index contributed by atoms with van der Waals surface area (Å²) >= 11 is 3.30. The van der Waals surface area contributed by atoms with Gasteiger partial charge in [0, 0.05) is 4.47 Å². The molecule has 3 N–H and O–H groups in total. The van der Waals surface area contributed by atoms with Crippen molar-refractivity contribution < 1.29 is 9.53 Å². The van der Waals surface area contributed by atoms with Gasteiger partial charge in [-0.1, -0.05) is 6.07 Å². The van der Waals surface area contributed by atoms with Crippen molar-refractivity contribution in [3.8, 4) is 0 Å². The van der Waals surface area contributed by atoms with E-state index in [-0.39, 0.29) is 0 Å². The molecular weight excluding hydrogens is 272 g/mol. The number of halogens is 1. The summed E-state index contributed by atoms with van der Waals surface area (Å²) < 4.78 is 5.85. The van der Waals surface area contributed by atoms with Crippen molar-refractivity contribution in [2.45, 2.75) is 26.4 Å². The van der Waals surface area contributed by atoms with E-state index in [1.165, 1.54) is 0 Å². The highest BCUT2D eigenvalue weighted by atomic mass is 79.9. The molecule has 1 aromatic rings. The molecule has 0 radical (unpaired) electrons. The zero-order valence-electron chi connectivity index (χ0n) is 9.50. The van der Waals surface area contributed by atoms with Crippen molar-refractivity contribution >= 4 is 33.4 Å². The lowest BCUT2D eigenvalue weighted by molar-refractivity contribution is 0.0636. The van der Waals surface area contributed by atoms with E-state index in [4.69, 9.17) is 10.5 Å². The number of amides is 1. The summed E-state index contributed by atoms with van der Waals surface area (Å²) in [6.07, 6.45) is -0.522. The van der Waals surface area contributed by atoms with Crippen molar-refractivity contribution in [2.75, 3.05) is 11.1 Å². The van der Waals surface area contributed by atoms with Crippen LogP contribution in [0.3, 0.4) is 0 Å². The molecule has 0 aromatic heterocycles. The molecule has 0 unspecified atom stereocenters. The Morgan fingerprint density at radius 3 is 2.56 bits per heavy atom. The van der Waals surface area contributed by atoms with E-state index in [9.17, 15) is 4.79 Å². The second-order valence-corrected chi connectivity index (χ2v) is 5.19. The van der Waals surface area contributed by atoms with Gasteiger partial charge in [0.25, 0.3) is 0 Å². The predicted octanol–water partition coefficient (Wildman–Crippen LogP) is 3.38. The number of carbonyl (C=O) groups excluding carboxylic acids is 1. The van der Waals surface area contributed by atoms with Gasteiger partial charge in [-0.2, -0.15) is 0 Å². The Morgan fingerprint density at radius 1 is 1.44 bits per heavy atom. The quantitative estimate of drug-likeness (QED) is 0.778. The van der Waals surface area contributed by atoms with Crippen molar-refractivity contribution in [3.05, 3.63) is 22.7 Å². The van der Waals surface area contributed by atoms with E-state index in [0.717, 1.165) is 4.47 Å². The number of nitrogens with one attached hydrogen (secondary N) is 1. The number of nitrogen functional groups attached to an aromatic ring is 1. The minimum absolute atomic E-state index is 0.486. The summed E-state index contributed by atoms with van der Waals surface area (Å²) in [5.41, 5.74) is 6.22. The number of hydrogen-bond donors (Lipinski definition) is 2. The number of rotatable bonds is 1. The van der Waals surface area contributed by atoms with Gasteiger partial charge in [-0.3, -0.25) is 5.32 Å². The molecular formula is C11H15BrN2O2. The highest BCUT2D eigenvalue weighted by Gasteiger charge is 2.17. The van der Waals surface area contributed by atoms with Gasteiger partial charge in [0.2, 0.25) is 0 Å². The molecule has 0 aliphatic carbocycles. The summed E-state index contributed by atoms with van der Waals surface area (Å²) in [6.45, 7) is 5.40. The van der Waals surface area contributed by atoms with Crippen LogP contribution < -0.4 is 11.1 Å². The van der Waals surface area contributed by atoms with Crippen LogP contribution in [0.1, 0.15) is 20.8 Å². The maximum atomic E-state index is 11.5. The van der Waals surface area contributed by atoms with E-state index >= 15 is 0 Å². The SMILES string of the molecule is CC(C)(C)OC(=O)Nc1c(N)cccc1Br. The Labute approximate surface area is 103 Å². The average molecular weight is 287 g/mol. The number of para-hydroxylation sites is 1. The fraction of sp³-hybridized carbons (Fsp3) is 0.364. The first-order valence-electron chi connectivity index (χ1n) is 4.83. The third-order valence-electron chi connectivity index (χ3n) is 1.67. The van der Waals surface area contributed by atoms with Crippen LogP contribution >= 0.6 is 15.9 Å². The lowest BCUT2D eigenvalue weighted by Gasteiger charge is -2.20. The van der Waals surface area contributed by atoms with E-state index in [2.05, 4.69) is 21.2 Å². The predicted molar refractivity (Wildman–Crippen MR) is 68.4 cm³/mol. The van der Waals surface area contributed by atoms with Crippen molar-refractivity contribution in [2.24, 2.45) is 0 Å². The molecule has 88 valence electrons. The lowest BCUT2D eigenvalue weighted by atomic mass is 10.2. The molecule has 1 rings (SSSR count). The lowest BCUT2D eigenvalue weighted by Crippen LogP contribution is -2.27. The summed E-state index contributed by atoms with van der Waals surface area (Å²) in [4.78, 5) is 11.5. The highest BCUT2D eigenvalue weighted by molar-refractivity contribution is 9.10. The van der Waals surface area contributed by atoms with E-state index in [1.54, 1.807) is 39.0 Å². The first kappa shape index (κ1) is 12.8. The molecule has 0 bridgehead atoms. The van der Waals surface area contributed by atoms with E-state index in [1.807, 2.05) is 0 Å². The number of nitrogens with two attached hydrogens (primary N) is 1. The topological polar surface area (TPSA) is 64.3 Å². The minimum Gasteiger partial charge on any atom is -0.444 e. The highest BCUT2D eigenvalue weighted by Crippen LogP contribution is 2.28. The zero-order valence-corrected chi connectivity index (χ0v) is 11.1. The molecule has 0 saturated carbocycles. The van der Waals surface area contributed by atoms with Gasteiger partial charge in [0.05, 0.1) is 11.4 Å². The number of anilines is 2. The summed E-state index contributed by atoms with van der Waals surface area (Å²) in [5.74, 6) is 0. The van der Waals surface area contributed by atoms with Gasteiger partial charge in [-0.25, -0.2) is 4.79 Å². The van der Waals surface area contributed by atoms with E-state index < -0.39 is 11.7 Å². The molecule has 1 aromatic carbocycles. The monoisotopic (exact) mass is 286 g/mol. The Hall–Kier alpha value is -1.23. The number of benzene rings is 1. The van der Waals surface area contributed by atoms with Crippen LogP contribution in [0.2, 0.25) is 0 Å². The van der Waals surface area contributed by atoms with Crippen molar-refractivity contribution in [1.82, 2.24) is 0 Å². The molecule has 0 heterocycles. The van der Waals surface area contributed by atoms with Gasteiger partial charge in [0.1, 0.15) is 5.60 Å². The van der Waals surface area contributed by atoms with Gasteiger partial charge in [-0.05, 0) is 48.8 Å². The normalized spacial score (nSPS) is 11.0. The maximum absolute atomic E-state index is 11.5. The van der Waals surface area contributed by atoms with Gasteiger partial charge >= 0.3 is 6.09 Å². The maximum Gasteiger partial charge on any atom is 0.412 e. The third-order valence-corrected chi connectivity index (χ3v) is 2.33. The summed E-state index contributed by atoms with van der Waals surface area (Å²) in [7, 11) is 0. The van der Waals surface area contributed by atoms with Crippen LogP contribution in [0.15, 0.2) is 22.7 Å². The van der Waals surface area contributed by atoms with Gasteiger partial charge < -0.3 is 10.5 Å². The Balaban J connectivity index is 2.78. The molecule has 4 nitrogen and oxygen atoms in total. The van der Waals surface area contributed by atoms with Crippen molar-refractivity contribution in [3.63, 3.8) is 0 Å². The third kappa shape index (κ3) is 3.73. The molecule has 0 spiro atoms. The molecule has 5 heteroatoms. The number of hydrogen-bond acceptors (Lipinski definition) is 3. The largest absolute Gasteiger partial charge is 0.444 e. The molecule has 16 heavy (non-hydrogen) atoms. The Kier molecular flexibility index (Phi) is 3.80. The van der Waals surface area contributed by atoms with Crippen LogP contribution in [-0.2, 0) is 4.74 Å². The molecule has 0 aliphatic rings. The standard InChI is InChI=1S/C11H15BrN2O2/c1-11(2,3)16-10(15)14-9-7(12)5-4-6-8(9)13/h4-6H,13H2,1-3H3,(H,14,15). The van der Waals surface area contributed by atoms with Crippen molar-refractivity contribution in [1.29, 1.82) is 0 Å². The first-order valence-corrected chi connectivity index (χ1v) is 5.63. The molecule has 0 saturated heterocycles. The van der Waals surface area contributed by atoms with Gasteiger partial charge in [-0.15, -0.1) is 0 Å². The first-order chi connectivity index (χ1) is 7.29. The minimum atomic E-state index is -0.528. The summed E-state index contributed by atoms with van der Waals surface area (Å²) in [5, 5.41) is 2.60. The summed E-state index contributed by atoms with van der Waals surface area (Å²) in [6, 6.07) is 5.29.